The highest BCUT2D eigenvalue weighted by Gasteiger charge is 2.17. The highest BCUT2D eigenvalue weighted by atomic mass is 16.5. The first-order valence-corrected chi connectivity index (χ1v) is 4.60. The van der Waals surface area contributed by atoms with Crippen LogP contribution in [-0.2, 0) is 4.74 Å². The molecule has 1 aromatic heterocycles. The molecule has 1 unspecified atom stereocenters. The summed E-state index contributed by atoms with van der Waals surface area (Å²) >= 11 is 0. The Bertz CT molecular complexity index is 282. The van der Waals surface area contributed by atoms with Gasteiger partial charge >= 0.3 is 0 Å². The van der Waals surface area contributed by atoms with Crippen LogP contribution in [0.25, 0.3) is 0 Å². The second kappa shape index (κ2) is 3.85. The van der Waals surface area contributed by atoms with Gasteiger partial charge in [-0.3, -0.25) is 4.98 Å². The number of nitrogens with one attached hydrogen (secondary N) is 1. The number of rotatable bonds is 1. The molecule has 3 nitrogen and oxygen atoms in total. The summed E-state index contributed by atoms with van der Waals surface area (Å²) < 4.78 is 5.39. The summed E-state index contributed by atoms with van der Waals surface area (Å²) in [4.78, 5) is 4.36. The molecule has 1 aliphatic rings. The molecule has 0 aliphatic carbocycles. The molecule has 70 valence electrons. The first kappa shape index (κ1) is 8.66. The van der Waals surface area contributed by atoms with Crippen LogP contribution in [0.1, 0.15) is 17.3 Å². The third-order valence-electron chi connectivity index (χ3n) is 2.30. The van der Waals surface area contributed by atoms with Gasteiger partial charge in [-0.1, -0.05) is 6.07 Å². The van der Waals surface area contributed by atoms with Crippen molar-refractivity contribution in [1.29, 1.82) is 0 Å². The van der Waals surface area contributed by atoms with Crippen LogP contribution in [0.5, 0.6) is 0 Å². The van der Waals surface area contributed by atoms with Gasteiger partial charge in [0, 0.05) is 12.7 Å². The van der Waals surface area contributed by atoms with Crippen molar-refractivity contribution in [2.45, 2.75) is 13.0 Å². The molecule has 1 atom stereocenters. The standard InChI is InChI=1S/C10H14N2O/c1-8-3-2-4-12-10(8)9-7-13-6-5-11-9/h2-4,9,11H,5-7H2,1H3. The molecular weight excluding hydrogens is 164 g/mol. The Labute approximate surface area is 78.1 Å². The van der Waals surface area contributed by atoms with Gasteiger partial charge in [0.15, 0.2) is 0 Å². The number of aryl methyl sites for hydroxylation is 1. The van der Waals surface area contributed by atoms with Crippen LogP contribution >= 0.6 is 0 Å². The Morgan fingerprint density at radius 3 is 3.23 bits per heavy atom. The minimum atomic E-state index is 0.273. The smallest absolute Gasteiger partial charge is 0.0736 e. The summed E-state index contributed by atoms with van der Waals surface area (Å²) in [6.45, 7) is 4.54. The summed E-state index contributed by atoms with van der Waals surface area (Å²) in [5.41, 5.74) is 2.34. The van der Waals surface area contributed by atoms with E-state index in [1.54, 1.807) is 0 Å². The number of ether oxygens (including phenoxy) is 1. The van der Waals surface area contributed by atoms with Gasteiger partial charge in [-0.2, -0.15) is 0 Å². The molecule has 0 spiro atoms. The predicted molar refractivity (Wildman–Crippen MR) is 50.5 cm³/mol. The van der Waals surface area contributed by atoms with Crippen LogP contribution in [0.4, 0.5) is 0 Å². The first-order valence-electron chi connectivity index (χ1n) is 4.60. The van der Waals surface area contributed by atoms with Crippen LogP contribution in [-0.4, -0.2) is 24.7 Å². The fourth-order valence-electron chi connectivity index (χ4n) is 1.60. The molecule has 1 aromatic rings. The van der Waals surface area contributed by atoms with E-state index < -0.39 is 0 Å². The van der Waals surface area contributed by atoms with Crippen LogP contribution in [0.3, 0.4) is 0 Å². The number of hydrogen-bond acceptors (Lipinski definition) is 3. The predicted octanol–water partition coefficient (Wildman–Crippen LogP) is 1.05. The van der Waals surface area contributed by atoms with Crippen LogP contribution in [0.2, 0.25) is 0 Å². The van der Waals surface area contributed by atoms with Gasteiger partial charge in [0.2, 0.25) is 0 Å². The fourth-order valence-corrected chi connectivity index (χ4v) is 1.60. The molecular formula is C10H14N2O. The molecule has 1 aliphatic heterocycles. The van der Waals surface area contributed by atoms with E-state index in [2.05, 4.69) is 23.3 Å². The Kier molecular flexibility index (Phi) is 2.57. The van der Waals surface area contributed by atoms with Gasteiger partial charge in [-0.15, -0.1) is 0 Å². The Balaban J connectivity index is 2.18. The van der Waals surface area contributed by atoms with E-state index in [1.807, 2.05) is 12.3 Å². The Morgan fingerprint density at radius 2 is 2.54 bits per heavy atom. The van der Waals surface area contributed by atoms with Gasteiger partial charge < -0.3 is 10.1 Å². The minimum Gasteiger partial charge on any atom is -0.378 e. The number of hydrogen-bond donors (Lipinski definition) is 1. The normalized spacial score (nSPS) is 23.0. The average molecular weight is 178 g/mol. The molecule has 2 rings (SSSR count). The van der Waals surface area contributed by atoms with Crippen molar-refractivity contribution in [3.8, 4) is 0 Å². The molecule has 0 aromatic carbocycles. The maximum atomic E-state index is 5.39. The van der Waals surface area contributed by atoms with Crippen LogP contribution in [0, 0.1) is 6.92 Å². The minimum absolute atomic E-state index is 0.273. The monoisotopic (exact) mass is 178 g/mol. The second-order valence-electron chi connectivity index (χ2n) is 3.29. The van der Waals surface area contributed by atoms with Crippen molar-refractivity contribution < 1.29 is 4.74 Å². The quantitative estimate of drug-likeness (QED) is 0.698. The maximum Gasteiger partial charge on any atom is 0.0736 e. The first-order chi connectivity index (χ1) is 6.38. The molecule has 3 heteroatoms. The molecule has 13 heavy (non-hydrogen) atoms. The third-order valence-corrected chi connectivity index (χ3v) is 2.30. The molecule has 0 saturated carbocycles. The fraction of sp³-hybridized carbons (Fsp3) is 0.500. The topological polar surface area (TPSA) is 34.1 Å². The lowest BCUT2D eigenvalue weighted by Crippen LogP contribution is -2.35. The van der Waals surface area contributed by atoms with Gasteiger partial charge in [0.05, 0.1) is 24.9 Å². The number of morpholine rings is 1. The Hall–Kier alpha value is -0.930. The van der Waals surface area contributed by atoms with Gasteiger partial charge in [-0.25, -0.2) is 0 Å². The van der Waals surface area contributed by atoms with E-state index in [-0.39, 0.29) is 6.04 Å². The van der Waals surface area contributed by atoms with Crippen LogP contribution in [0.15, 0.2) is 18.3 Å². The molecule has 1 saturated heterocycles. The zero-order chi connectivity index (χ0) is 9.10. The van der Waals surface area contributed by atoms with Crippen molar-refractivity contribution in [3.63, 3.8) is 0 Å². The molecule has 0 amide bonds. The lowest BCUT2D eigenvalue weighted by molar-refractivity contribution is 0.0754. The molecule has 0 radical (unpaired) electrons. The summed E-state index contributed by atoms with van der Waals surface area (Å²) in [6.07, 6.45) is 1.83. The largest absolute Gasteiger partial charge is 0.378 e. The van der Waals surface area contributed by atoms with Crippen LogP contribution < -0.4 is 5.32 Å². The van der Waals surface area contributed by atoms with Gasteiger partial charge in [-0.05, 0) is 18.6 Å². The SMILES string of the molecule is Cc1cccnc1C1COCCN1. The number of aromatic nitrogens is 1. The van der Waals surface area contributed by atoms with Crippen molar-refractivity contribution in [2.24, 2.45) is 0 Å². The summed E-state index contributed by atoms with van der Waals surface area (Å²) in [5, 5.41) is 3.39. The molecule has 2 heterocycles. The van der Waals surface area contributed by atoms with E-state index in [0.717, 1.165) is 25.5 Å². The molecule has 0 bridgehead atoms. The van der Waals surface area contributed by atoms with Gasteiger partial charge in [0.25, 0.3) is 0 Å². The van der Waals surface area contributed by atoms with Crippen molar-refractivity contribution in [3.05, 3.63) is 29.6 Å². The maximum absolute atomic E-state index is 5.39. The zero-order valence-corrected chi connectivity index (χ0v) is 7.79. The molecule has 1 N–H and O–H groups in total. The van der Waals surface area contributed by atoms with Crippen molar-refractivity contribution >= 4 is 0 Å². The van der Waals surface area contributed by atoms with Crippen molar-refractivity contribution in [2.75, 3.05) is 19.8 Å². The lowest BCUT2D eigenvalue weighted by atomic mass is 10.1. The highest BCUT2D eigenvalue weighted by molar-refractivity contribution is 5.21. The van der Waals surface area contributed by atoms with E-state index in [9.17, 15) is 0 Å². The second-order valence-corrected chi connectivity index (χ2v) is 3.29. The van der Waals surface area contributed by atoms with Gasteiger partial charge in [0.1, 0.15) is 0 Å². The Morgan fingerprint density at radius 1 is 1.62 bits per heavy atom. The summed E-state index contributed by atoms with van der Waals surface area (Å²) in [5.74, 6) is 0. The van der Waals surface area contributed by atoms with E-state index >= 15 is 0 Å². The molecule has 1 fully saturated rings. The summed E-state index contributed by atoms with van der Waals surface area (Å²) in [7, 11) is 0. The lowest BCUT2D eigenvalue weighted by Gasteiger charge is -2.24. The van der Waals surface area contributed by atoms with E-state index in [0.29, 0.717) is 0 Å². The number of pyridine rings is 1. The van der Waals surface area contributed by atoms with Crippen molar-refractivity contribution in [1.82, 2.24) is 10.3 Å². The number of nitrogens with zero attached hydrogens (tertiary/aromatic N) is 1. The average Bonchev–Trinajstić information content (AvgIpc) is 2.20. The zero-order valence-electron chi connectivity index (χ0n) is 7.79. The van der Waals surface area contributed by atoms with E-state index in [1.165, 1.54) is 5.56 Å². The summed E-state index contributed by atoms with van der Waals surface area (Å²) in [6, 6.07) is 4.32. The highest BCUT2D eigenvalue weighted by Crippen LogP contribution is 2.16. The third kappa shape index (κ3) is 1.87. The van der Waals surface area contributed by atoms with E-state index in [4.69, 9.17) is 4.74 Å².